The van der Waals surface area contributed by atoms with E-state index in [0.29, 0.717) is 21.8 Å². The second-order valence-corrected chi connectivity index (χ2v) is 6.38. The van der Waals surface area contributed by atoms with Crippen molar-refractivity contribution in [1.29, 1.82) is 0 Å². The van der Waals surface area contributed by atoms with Crippen molar-refractivity contribution in [3.8, 4) is 0 Å². The zero-order chi connectivity index (χ0) is 15.2. The van der Waals surface area contributed by atoms with Gasteiger partial charge in [0.25, 0.3) is 5.76 Å². The number of halogens is 3. The molecule has 0 heterocycles. The minimum atomic E-state index is -2.41. The van der Waals surface area contributed by atoms with Gasteiger partial charge in [0.1, 0.15) is 0 Å². The van der Waals surface area contributed by atoms with Crippen LogP contribution in [0.2, 0.25) is 0 Å². The first kappa shape index (κ1) is 16.2. The molecular weight excluding hydrogens is 378 g/mol. The van der Waals surface area contributed by atoms with Gasteiger partial charge in [-0.3, -0.25) is 0 Å². The third-order valence-electron chi connectivity index (χ3n) is 2.42. The number of thiocarbonyl (C=S) groups is 1. The summed E-state index contributed by atoms with van der Waals surface area (Å²) in [5.41, 5.74) is 1.59. The topological polar surface area (TPSA) is 24.1 Å². The normalized spacial score (nSPS) is 10.5. The molecule has 0 radical (unpaired) electrons. The van der Waals surface area contributed by atoms with Crippen molar-refractivity contribution >= 4 is 56.4 Å². The highest BCUT2D eigenvalue weighted by atomic mass is 79.9. The highest BCUT2D eigenvalue weighted by Gasteiger charge is 2.05. The molecule has 21 heavy (non-hydrogen) atoms. The summed E-state index contributed by atoms with van der Waals surface area (Å²) in [5, 5.41) is 6.47. The fourth-order valence-corrected chi connectivity index (χ4v) is 2.71. The highest BCUT2D eigenvalue weighted by molar-refractivity contribution is 9.10. The van der Waals surface area contributed by atoms with Gasteiger partial charge in [0.2, 0.25) is 0 Å². The number of thioether (sulfide) groups is 1. The van der Waals surface area contributed by atoms with Gasteiger partial charge in [-0.05, 0) is 54.7 Å². The van der Waals surface area contributed by atoms with Crippen LogP contribution >= 0.6 is 39.9 Å². The van der Waals surface area contributed by atoms with E-state index in [1.54, 1.807) is 24.3 Å². The van der Waals surface area contributed by atoms with E-state index < -0.39 is 5.76 Å². The molecule has 0 aliphatic heterocycles. The summed E-state index contributed by atoms with van der Waals surface area (Å²) in [6.07, 6.45) is 0. The van der Waals surface area contributed by atoms with E-state index in [2.05, 4.69) is 26.6 Å². The maximum absolute atomic E-state index is 12.2. The zero-order valence-corrected chi connectivity index (χ0v) is 13.9. The third-order valence-corrected chi connectivity index (χ3v) is 3.84. The van der Waals surface area contributed by atoms with E-state index in [0.717, 1.165) is 15.8 Å². The molecule has 0 atom stereocenters. The Morgan fingerprint density at radius 2 is 1.71 bits per heavy atom. The summed E-state index contributed by atoms with van der Waals surface area (Å²) in [6.45, 7) is 0. The molecule has 2 rings (SSSR count). The van der Waals surface area contributed by atoms with Crippen molar-refractivity contribution < 1.29 is 8.78 Å². The molecule has 0 aliphatic carbocycles. The molecule has 2 nitrogen and oxygen atoms in total. The number of benzene rings is 2. The van der Waals surface area contributed by atoms with E-state index >= 15 is 0 Å². The van der Waals surface area contributed by atoms with Crippen molar-refractivity contribution in [3.05, 3.63) is 53.0 Å². The molecule has 2 aromatic carbocycles. The Labute approximate surface area is 139 Å². The van der Waals surface area contributed by atoms with Crippen LogP contribution < -0.4 is 10.6 Å². The van der Waals surface area contributed by atoms with Crippen molar-refractivity contribution in [2.75, 3.05) is 10.6 Å². The van der Waals surface area contributed by atoms with Crippen molar-refractivity contribution in [1.82, 2.24) is 0 Å². The molecule has 0 aromatic heterocycles. The van der Waals surface area contributed by atoms with Crippen LogP contribution in [0.3, 0.4) is 0 Å². The van der Waals surface area contributed by atoms with Crippen molar-refractivity contribution in [3.63, 3.8) is 0 Å². The molecule has 0 amide bonds. The Morgan fingerprint density at radius 1 is 1.05 bits per heavy atom. The van der Waals surface area contributed by atoms with Crippen LogP contribution in [-0.2, 0) is 0 Å². The van der Waals surface area contributed by atoms with Gasteiger partial charge in [0.05, 0.1) is 0 Å². The van der Waals surface area contributed by atoms with E-state index in [9.17, 15) is 8.78 Å². The number of hydrogen-bond acceptors (Lipinski definition) is 2. The van der Waals surface area contributed by atoms with Gasteiger partial charge in [-0.2, -0.15) is 8.78 Å². The van der Waals surface area contributed by atoms with Crippen LogP contribution in [-0.4, -0.2) is 10.9 Å². The average Bonchev–Trinajstić information content (AvgIpc) is 2.40. The third kappa shape index (κ3) is 5.61. The first-order chi connectivity index (χ1) is 10.0. The number of nitrogens with one attached hydrogen (secondary N) is 2. The van der Waals surface area contributed by atoms with Gasteiger partial charge >= 0.3 is 0 Å². The maximum Gasteiger partial charge on any atom is 0.288 e. The Morgan fingerprint density at radius 3 is 2.33 bits per heavy atom. The second-order valence-electron chi connectivity index (χ2n) is 3.99. The van der Waals surface area contributed by atoms with E-state index in [1.807, 2.05) is 24.3 Å². The number of anilines is 2. The molecule has 0 saturated carbocycles. The predicted molar refractivity (Wildman–Crippen MR) is 92.3 cm³/mol. The number of alkyl halides is 2. The molecule has 7 heteroatoms. The lowest BCUT2D eigenvalue weighted by atomic mass is 10.3. The summed E-state index contributed by atoms with van der Waals surface area (Å²) < 4.78 is 25.4. The first-order valence-corrected chi connectivity index (χ1v) is 7.99. The maximum atomic E-state index is 12.2. The van der Waals surface area contributed by atoms with Gasteiger partial charge in [0, 0.05) is 20.7 Å². The van der Waals surface area contributed by atoms with Crippen molar-refractivity contribution in [2.45, 2.75) is 10.7 Å². The molecule has 0 unspecified atom stereocenters. The first-order valence-electron chi connectivity index (χ1n) is 5.91. The van der Waals surface area contributed by atoms with Crippen LogP contribution in [0.15, 0.2) is 57.9 Å². The van der Waals surface area contributed by atoms with E-state index in [4.69, 9.17) is 12.2 Å². The molecule has 0 bridgehead atoms. The van der Waals surface area contributed by atoms with Crippen LogP contribution in [0.1, 0.15) is 0 Å². The van der Waals surface area contributed by atoms with E-state index in [1.165, 1.54) is 0 Å². The summed E-state index contributed by atoms with van der Waals surface area (Å²) in [7, 11) is 0. The van der Waals surface area contributed by atoms with Gasteiger partial charge in [-0.1, -0.05) is 33.8 Å². The average molecular weight is 389 g/mol. The summed E-state index contributed by atoms with van der Waals surface area (Å²) >= 11 is 9.10. The fraction of sp³-hybridized carbons (Fsp3) is 0.0714. The minimum Gasteiger partial charge on any atom is -0.332 e. The quantitative estimate of drug-likeness (QED) is 0.527. The standard InChI is InChI=1S/C14H11BrF2N2S2/c15-9-2-1-3-11(8-9)19-14(20)18-10-4-6-12(7-5-10)21-13(16)17/h1-8,13H,(H2,18,19,20). The zero-order valence-electron chi connectivity index (χ0n) is 10.6. The second kappa shape index (κ2) is 7.72. The summed E-state index contributed by atoms with van der Waals surface area (Å²) in [6, 6.07) is 14.3. The summed E-state index contributed by atoms with van der Waals surface area (Å²) in [4.78, 5) is 0.515. The van der Waals surface area contributed by atoms with Gasteiger partial charge in [-0.15, -0.1) is 0 Å². The molecule has 0 fully saturated rings. The molecular formula is C14H11BrF2N2S2. The minimum absolute atomic E-state index is 0.433. The summed E-state index contributed by atoms with van der Waals surface area (Å²) in [5.74, 6) is -2.41. The molecule has 0 spiro atoms. The lowest BCUT2D eigenvalue weighted by molar-refractivity contribution is 0.252. The molecule has 2 N–H and O–H groups in total. The number of rotatable bonds is 4. The Bertz CT molecular complexity index is 621. The molecule has 110 valence electrons. The molecule has 2 aromatic rings. The Balaban J connectivity index is 1.93. The highest BCUT2D eigenvalue weighted by Crippen LogP contribution is 2.26. The largest absolute Gasteiger partial charge is 0.332 e. The van der Waals surface area contributed by atoms with E-state index in [-0.39, 0.29) is 0 Å². The van der Waals surface area contributed by atoms with Crippen LogP contribution in [0.25, 0.3) is 0 Å². The van der Waals surface area contributed by atoms with Crippen LogP contribution in [0.5, 0.6) is 0 Å². The lowest BCUT2D eigenvalue weighted by Crippen LogP contribution is -2.18. The number of hydrogen-bond donors (Lipinski definition) is 2. The smallest absolute Gasteiger partial charge is 0.288 e. The van der Waals surface area contributed by atoms with Crippen LogP contribution in [0, 0.1) is 0 Å². The molecule has 0 aliphatic rings. The van der Waals surface area contributed by atoms with Crippen molar-refractivity contribution in [2.24, 2.45) is 0 Å². The fourth-order valence-electron chi connectivity index (χ4n) is 1.58. The Kier molecular flexibility index (Phi) is 5.96. The van der Waals surface area contributed by atoms with Crippen LogP contribution in [0.4, 0.5) is 20.2 Å². The Hall–Kier alpha value is -1.18. The van der Waals surface area contributed by atoms with Gasteiger partial charge < -0.3 is 10.6 Å². The predicted octanol–water partition coefficient (Wildman–Crippen LogP) is 5.57. The van der Waals surface area contributed by atoms with Gasteiger partial charge in [-0.25, -0.2) is 0 Å². The monoisotopic (exact) mass is 388 g/mol. The molecule has 0 saturated heterocycles. The van der Waals surface area contributed by atoms with Gasteiger partial charge in [0.15, 0.2) is 5.11 Å². The SMILES string of the molecule is FC(F)Sc1ccc(NC(=S)Nc2cccc(Br)c2)cc1. The lowest BCUT2D eigenvalue weighted by Gasteiger charge is -2.11.